The topological polar surface area (TPSA) is 144 Å². The van der Waals surface area contributed by atoms with E-state index in [1.54, 1.807) is 13.8 Å². The first-order valence-electron chi connectivity index (χ1n) is 14.1. The fraction of sp³-hybridized carbons (Fsp3) is 0.419. The van der Waals surface area contributed by atoms with Gasteiger partial charge in [-0.3, -0.25) is 14.1 Å². The van der Waals surface area contributed by atoms with Gasteiger partial charge in [-0.1, -0.05) is 27.7 Å². The van der Waals surface area contributed by atoms with Crippen molar-refractivity contribution in [2.75, 3.05) is 0 Å². The minimum absolute atomic E-state index is 0.144. The summed E-state index contributed by atoms with van der Waals surface area (Å²) < 4.78 is 36.9. The lowest BCUT2D eigenvalue weighted by molar-refractivity contribution is -0.117. The average Bonchev–Trinajstić information content (AvgIpc) is 3.56. The maximum Gasteiger partial charge on any atom is 0.279 e. The number of rotatable bonds is 9. The molecule has 0 fully saturated rings. The minimum Gasteiger partial charge on any atom is -0.357 e. The van der Waals surface area contributed by atoms with Crippen LogP contribution in [0.15, 0.2) is 33.7 Å². The summed E-state index contributed by atoms with van der Waals surface area (Å²) in [7, 11) is -4.63. The first-order chi connectivity index (χ1) is 19.3. The van der Waals surface area contributed by atoms with E-state index in [4.69, 9.17) is 0 Å². The molecular formula is C31H40N4O5S. The number of amides is 2. The Bertz CT molecular complexity index is 1570. The molecule has 2 aliphatic rings. The molecule has 0 aliphatic carbocycles. The SMILES string of the molecule is CCC1=C(C)C(=O)N/C1=C\c1[nH]c(C(c2[nH]c(/C=C3\NC(=O)C(C)=C3CC)c(C)c2CC)S(=O)(=O)O)c(CC)c1C. The molecule has 0 radical (unpaired) electrons. The van der Waals surface area contributed by atoms with Crippen molar-refractivity contribution in [3.05, 3.63) is 78.7 Å². The maximum atomic E-state index is 13.1. The summed E-state index contributed by atoms with van der Waals surface area (Å²) in [4.78, 5) is 31.2. The molecule has 0 atom stereocenters. The van der Waals surface area contributed by atoms with E-state index in [1.165, 1.54) is 0 Å². The fourth-order valence-corrected chi connectivity index (χ4v) is 7.15. The van der Waals surface area contributed by atoms with Crippen LogP contribution >= 0.6 is 0 Å². The largest absolute Gasteiger partial charge is 0.357 e. The molecule has 10 heteroatoms. The lowest BCUT2D eigenvalue weighted by atomic mass is 10.00. The average molecular weight is 581 g/mol. The van der Waals surface area contributed by atoms with Crippen LogP contribution < -0.4 is 10.6 Å². The summed E-state index contributed by atoms with van der Waals surface area (Å²) in [6.45, 7) is 15.2. The Hall–Kier alpha value is -3.63. The van der Waals surface area contributed by atoms with Gasteiger partial charge in [0.2, 0.25) is 0 Å². The fourth-order valence-electron chi connectivity index (χ4n) is 6.15. The Balaban J connectivity index is 1.91. The molecule has 0 unspecified atom stereocenters. The van der Waals surface area contributed by atoms with Gasteiger partial charge in [-0.25, -0.2) is 0 Å². The quantitative estimate of drug-likeness (QED) is 0.250. The first-order valence-corrected chi connectivity index (χ1v) is 15.6. The Morgan fingerprint density at radius 3 is 1.34 bits per heavy atom. The van der Waals surface area contributed by atoms with Crippen molar-refractivity contribution in [3.8, 4) is 0 Å². The second-order valence-electron chi connectivity index (χ2n) is 10.7. The molecule has 9 nitrogen and oxygen atoms in total. The molecule has 0 bridgehead atoms. The number of nitrogens with one attached hydrogen (secondary N) is 4. The van der Waals surface area contributed by atoms with Crippen molar-refractivity contribution in [2.24, 2.45) is 0 Å². The molecule has 220 valence electrons. The van der Waals surface area contributed by atoms with Gasteiger partial charge in [0.1, 0.15) is 0 Å². The van der Waals surface area contributed by atoms with Gasteiger partial charge in [-0.05, 0) is 98.9 Å². The standard InChI is InChI=1S/C31H40N4O5S/c1-9-19-17(7)30(36)34-25(19)13-23-15(5)21(11-3)27(32-23)29(41(38,39)40)28-22(12-4)16(6)24(33-28)14-26-20(10-2)18(8)31(37)35-26/h13-14,29,32-33H,9-12H2,1-8H3,(H,34,36)(H,35,37)(H,38,39,40)/b25-13-,26-14-. The molecule has 2 amide bonds. The number of carbonyl (C=O) groups is 2. The summed E-state index contributed by atoms with van der Waals surface area (Å²) in [5, 5.41) is 4.44. The summed E-state index contributed by atoms with van der Waals surface area (Å²) in [5.41, 5.74) is 9.92. The molecule has 2 aliphatic heterocycles. The van der Waals surface area contributed by atoms with Crippen molar-refractivity contribution < 1.29 is 22.6 Å². The van der Waals surface area contributed by atoms with Gasteiger partial charge in [0, 0.05) is 45.3 Å². The van der Waals surface area contributed by atoms with E-state index in [-0.39, 0.29) is 11.8 Å². The van der Waals surface area contributed by atoms with Crippen molar-refractivity contribution in [2.45, 2.75) is 86.3 Å². The molecule has 0 saturated carbocycles. The molecule has 0 aromatic carbocycles. The third-order valence-corrected chi connectivity index (χ3v) is 9.52. The Kier molecular flexibility index (Phi) is 8.38. The molecular weight excluding hydrogens is 540 g/mol. The van der Waals surface area contributed by atoms with E-state index in [1.807, 2.05) is 53.7 Å². The summed E-state index contributed by atoms with van der Waals surface area (Å²) in [6.07, 6.45) is 6.09. The van der Waals surface area contributed by atoms with Crippen LogP contribution in [-0.4, -0.2) is 34.8 Å². The number of hydrogen-bond donors (Lipinski definition) is 5. The van der Waals surface area contributed by atoms with Crippen molar-refractivity contribution in [3.63, 3.8) is 0 Å². The minimum atomic E-state index is -4.63. The van der Waals surface area contributed by atoms with Crippen LogP contribution in [0.1, 0.15) is 105 Å². The van der Waals surface area contributed by atoms with Crippen molar-refractivity contribution in [1.82, 2.24) is 20.6 Å². The maximum absolute atomic E-state index is 13.1. The van der Waals surface area contributed by atoms with E-state index in [2.05, 4.69) is 20.6 Å². The highest BCUT2D eigenvalue weighted by molar-refractivity contribution is 7.86. The van der Waals surface area contributed by atoms with Crippen LogP contribution in [0.5, 0.6) is 0 Å². The molecule has 2 aromatic rings. The lowest BCUT2D eigenvalue weighted by Gasteiger charge is -2.16. The van der Waals surface area contributed by atoms with Crippen molar-refractivity contribution >= 4 is 34.1 Å². The highest BCUT2D eigenvalue weighted by Crippen LogP contribution is 2.39. The van der Waals surface area contributed by atoms with Gasteiger partial charge in [0.25, 0.3) is 21.9 Å². The van der Waals surface area contributed by atoms with Gasteiger partial charge in [-0.15, -0.1) is 0 Å². The normalized spacial score (nSPS) is 18.1. The smallest absolute Gasteiger partial charge is 0.279 e. The zero-order chi connectivity index (χ0) is 30.4. The molecule has 41 heavy (non-hydrogen) atoms. The predicted molar refractivity (Wildman–Crippen MR) is 161 cm³/mol. The third kappa shape index (κ3) is 5.26. The first kappa shape index (κ1) is 30.3. The Morgan fingerprint density at radius 1 is 0.683 bits per heavy atom. The highest BCUT2D eigenvalue weighted by atomic mass is 32.2. The van der Waals surface area contributed by atoms with Gasteiger partial charge in [-0.2, -0.15) is 8.42 Å². The molecule has 2 aromatic heterocycles. The van der Waals surface area contributed by atoms with Gasteiger partial charge in [0.15, 0.2) is 5.25 Å². The van der Waals surface area contributed by atoms with Gasteiger partial charge >= 0.3 is 0 Å². The zero-order valence-corrected chi connectivity index (χ0v) is 25.9. The number of aromatic amines is 2. The van der Waals surface area contributed by atoms with E-state index in [0.717, 1.165) is 33.4 Å². The molecule has 4 heterocycles. The predicted octanol–water partition coefficient (Wildman–Crippen LogP) is 5.46. The number of aromatic nitrogens is 2. The van der Waals surface area contributed by atoms with E-state index in [0.29, 0.717) is 71.0 Å². The van der Waals surface area contributed by atoms with Crippen LogP contribution in [-0.2, 0) is 32.5 Å². The van der Waals surface area contributed by atoms with Crippen molar-refractivity contribution in [1.29, 1.82) is 0 Å². The monoisotopic (exact) mass is 580 g/mol. The molecule has 0 saturated heterocycles. The Morgan fingerprint density at radius 2 is 1.05 bits per heavy atom. The third-order valence-electron chi connectivity index (χ3n) is 8.45. The van der Waals surface area contributed by atoms with Crippen LogP contribution in [0.25, 0.3) is 12.2 Å². The molecule has 5 N–H and O–H groups in total. The van der Waals surface area contributed by atoms with Crippen LogP contribution in [0.3, 0.4) is 0 Å². The Labute approximate surface area is 242 Å². The number of carbonyl (C=O) groups excluding carboxylic acids is 2. The van der Waals surface area contributed by atoms with E-state index < -0.39 is 15.4 Å². The second kappa shape index (κ2) is 11.3. The summed E-state index contributed by atoms with van der Waals surface area (Å²) in [6, 6.07) is 0. The number of H-pyrrole nitrogens is 2. The molecule has 0 spiro atoms. The van der Waals surface area contributed by atoms with Gasteiger partial charge in [0.05, 0.1) is 0 Å². The highest BCUT2D eigenvalue weighted by Gasteiger charge is 2.36. The van der Waals surface area contributed by atoms with E-state index >= 15 is 0 Å². The summed E-state index contributed by atoms with van der Waals surface area (Å²) >= 11 is 0. The number of hydrogen-bond acceptors (Lipinski definition) is 4. The number of allylic oxidation sites excluding steroid dienone is 2. The van der Waals surface area contributed by atoms with Gasteiger partial charge < -0.3 is 20.6 Å². The zero-order valence-electron chi connectivity index (χ0n) is 25.0. The molecule has 4 rings (SSSR count). The second-order valence-corrected chi connectivity index (χ2v) is 12.2. The lowest BCUT2D eigenvalue weighted by Crippen LogP contribution is -2.18. The van der Waals surface area contributed by atoms with E-state index in [9.17, 15) is 22.6 Å². The summed E-state index contributed by atoms with van der Waals surface area (Å²) in [5.74, 6) is -0.287. The van der Waals surface area contributed by atoms with Crippen LogP contribution in [0, 0.1) is 13.8 Å². The van der Waals surface area contributed by atoms with Crippen LogP contribution in [0.2, 0.25) is 0 Å². The van der Waals surface area contributed by atoms with Crippen LogP contribution in [0.4, 0.5) is 0 Å².